The van der Waals surface area contributed by atoms with Crippen LogP contribution in [0.2, 0.25) is 0 Å². The molecular weight excluding hydrogens is 274 g/mol. The SMILES string of the molecule is CCCNCC1CCCN(S(=O)(=O)c2cccnc2)C1. The van der Waals surface area contributed by atoms with Crippen LogP contribution in [0.25, 0.3) is 0 Å². The third kappa shape index (κ3) is 3.77. The fourth-order valence-corrected chi connectivity index (χ4v) is 4.06. The van der Waals surface area contributed by atoms with Crippen molar-refractivity contribution in [1.29, 1.82) is 0 Å². The van der Waals surface area contributed by atoms with Gasteiger partial charge in [-0.2, -0.15) is 4.31 Å². The van der Waals surface area contributed by atoms with E-state index in [0.717, 1.165) is 32.4 Å². The summed E-state index contributed by atoms with van der Waals surface area (Å²) in [5.74, 6) is 0.404. The van der Waals surface area contributed by atoms with Crippen LogP contribution >= 0.6 is 0 Å². The van der Waals surface area contributed by atoms with E-state index in [1.807, 2.05) is 0 Å². The van der Waals surface area contributed by atoms with Crippen molar-refractivity contribution < 1.29 is 8.42 Å². The average Bonchev–Trinajstić information content (AvgIpc) is 2.49. The molecule has 1 saturated heterocycles. The third-order valence-electron chi connectivity index (χ3n) is 3.61. The fraction of sp³-hybridized carbons (Fsp3) is 0.643. The van der Waals surface area contributed by atoms with Gasteiger partial charge >= 0.3 is 0 Å². The van der Waals surface area contributed by atoms with Crippen molar-refractivity contribution >= 4 is 10.0 Å². The van der Waals surface area contributed by atoms with Crippen LogP contribution in [0.5, 0.6) is 0 Å². The molecule has 0 saturated carbocycles. The van der Waals surface area contributed by atoms with Crippen LogP contribution in [0, 0.1) is 5.92 Å². The predicted molar refractivity (Wildman–Crippen MR) is 78.9 cm³/mol. The predicted octanol–water partition coefficient (Wildman–Crippen LogP) is 1.48. The summed E-state index contributed by atoms with van der Waals surface area (Å²) in [6.07, 6.45) is 6.14. The zero-order valence-electron chi connectivity index (χ0n) is 12.0. The van der Waals surface area contributed by atoms with E-state index in [1.165, 1.54) is 6.20 Å². The molecule has 1 aliphatic heterocycles. The summed E-state index contributed by atoms with van der Waals surface area (Å²) in [5.41, 5.74) is 0. The van der Waals surface area contributed by atoms with Crippen molar-refractivity contribution in [2.45, 2.75) is 31.1 Å². The molecule has 1 N–H and O–H groups in total. The summed E-state index contributed by atoms with van der Waals surface area (Å²) in [4.78, 5) is 4.20. The summed E-state index contributed by atoms with van der Waals surface area (Å²) < 4.78 is 26.7. The number of nitrogens with zero attached hydrogens (tertiary/aromatic N) is 2. The smallest absolute Gasteiger partial charge is 0.244 e. The maximum atomic E-state index is 12.5. The van der Waals surface area contributed by atoms with Crippen LogP contribution in [0.1, 0.15) is 26.2 Å². The average molecular weight is 297 g/mol. The molecule has 1 atom stereocenters. The molecule has 0 radical (unpaired) electrons. The van der Waals surface area contributed by atoms with Gasteiger partial charge in [0.05, 0.1) is 0 Å². The van der Waals surface area contributed by atoms with Crippen LogP contribution in [0.3, 0.4) is 0 Å². The van der Waals surface area contributed by atoms with E-state index in [0.29, 0.717) is 23.9 Å². The lowest BCUT2D eigenvalue weighted by atomic mass is 10.00. The van der Waals surface area contributed by atoms with Gasteiger partial charge in [-0.05, 0) is 50.4 Å². The molecule has 1 aromatic heterocycles. The van der Waals surface area contributed by atoms with Gasteiger partial charge in [0.2, 0.25) is 10.0 Å². The highest BCUT2D eigenvalue weighted by Gasteiger charge is 2.30. The van der Waals surface area contributed by atoms with Crippen molar-refractivity contribution in [3.8, 4) is 0 Å². The third-order valence-corrected chi connectivity index (χ3v) is 5.46. The molecule has 1 aromatic rings. The van der Waals surface area contributed by atoms with Gasteiger partial charge in [-0.15, -0.1) is 0 Å². The van der Waals surface area contributed by atoms with E-state index >= 15 is 0 Å². The number of rotatable bonds is 6. The second-order valence-corrected chi connectivity index (χ2v) is 7.20. The van der Waals surface area contributed by atoms with Gasteiger partial charge in [-0.1, -0.05) is 6.92 Å². The van der Waals surface area contributed by atoms with Gasteiger partial charge in [-0.25, -0.2) is 8.42 Å². The number of pyridine rings is 1. The molecule has 6 heteroatoms. The van der Waals surface area contributed by atoms with Crippen molar-refractivity contribution in [3.63, 3.8) is 0 Å². The highest BCUT2D eigenvalue weighted by Crippen LogP contribution is 2.22. The van der Waals surface area contributed by atoms with Crippen molar-refractivity contribution in [2.24, 2.45) is 5.92 Å². The highest BCUT2D eigenvalue weighted by atomic mass is 32.2. The Morgan fingerprint density at radius 2 is 2.35 bits per heavy atom. The van der Waals surface area contributed by atoms with Gasteiger partial charge in [0.1, 0.15) is 4.90 Å². The molecule has 5 nitrogen and oxygen atoms in total. The summed E-state index contributed by atoms with van der Waals surface area (Å²) in [6.45, 7) is 5.24. The Balaban J connectivity index is 2.01. The minimum absolute atomic E-state index is 0.294. The molecule has 0 spiro atoms. The molecule has 0 amide bonds. The summed E-state index contributed by atoms with van der Waals surface area (Å²) in [5, 5.41) is 3.38. The number of hydrogen-bond acceptors (Lipinski definition) is 4. The number of hydrogen-bond donors (Lipinski definition) is 1. The number of aromatic nitrogens is 1. The van der Waals surface area contributed by atoms with Gasteiger partial charge in [0.15, 0.2) is 0 Å². The van der Waals surface area contributed by atoms with Crippen LogP contribution in [-0.2, 0) is 10.0 Å². The topological polar surface area (TPSA) is 62.3 Å². The first-order valence-electron chi connectivity index (χ1n) is 7.25. The summed E-state index contributed by atoms with van der Waals surface area (Å²) >= 11 is 0. The molecule has 2 heterocycles. The molecule has 0 aromatic carbocycles. The van der Waals surface area contributed by atoms with Gasteiger partial charge < -0.3 is 5.32 Å². The maximum absolute atomic E-state index is 12.5. The Bertz CT molecular complexity index is 504. The first-order chi connectivity index (χ1) is 9.64. The second-order valence-electron chi connectivity index (χ2n) is 5.26. The molecule has 0 bridgehead atoms. The summed E-state index contributed by atoms with van der Waals surface area (Å²) in [6, 6.07) is 3.28. The number of sulfonamides is 1. The van der Waals surface area contributed by atoms with E-state index in [2.05, 4.69) is 17.2 Å². The van der Waals surface area contributed by atoms with Gasteiger partial charge in [-0.3, -0.25) is 4.98 Å². The lowest BCUT2D eigenvalue weighted by molar-refractivity contribution is 0.260. The Hall–Kier alpha value is -0.980. The minimum atomic E-state index is -3.38. The quantitative estimate of drug-likeness (QED) is 0.808. The van der Waals surface area contributed by atoms with Crippen LogP contribution in [0.4, 0.5) is 0 Å². The van der Waals surface area contributed by atoms with E-state index in [-0.39, 0.29) is 0 Å². The van der Waals surface area contributed by atoms with Gasteiger partial charge in [0, 0.05) is 25.5 Å². The van der Waals surface area contributed by atoms with Crippen LogP contribution in [-0.4, -0.2) is 43.9 Å². The summed E-state index contributed by atoms with van der Waals surface area (Å²) in [7, 11) is -3.38. The molecule has 20 heavy (non-hydrogen) atoms. The van der Waals surface area contributed by atoms with E-state index in [4.69, 9.17) is 0 Å². The molecule has 1 fully saturated rings. The van der Waals surface area contributed by atoms with E-state index in [1.54, 1.807) is 22.6 Å². The molecule has 1 unspecified atom stereocenters. The Kier molecular flexibility index (Phi) is 5.51. The Morgan fingerprint density at radius 3 is 3.05 bits per heavy atom. The first-order valence-corrected chi connectivity index (χ1v) is 8.69. The monoisotopic (exact) mass is 297 g/mol. The molecular formula is C14H23N3O2S. The van der Waals surface area contributed by atoms with Gasteiger partial charge in [0.25, 0.3) is 0 Å². The maximum Gasteiger partial charge on any atom is 0.244 e. The lowest BCUT2D eigenvalue weighted by Crippen LogP contribution is -2.42. The van der Waals surface area contributed by atoms with Crippen LogP contribution in [0.15, 0.2) is 29.4 Å². The zero-order chi connectivity index (χ0) is 14.4. The fourth-order valence-electron chi connectivity index (χ4n) is 2.54. The minimum Gasteiger partial charge on any atom is -0.316 e. The Labute approximate surface area is 121 Å². The number of piperidine rings is 1. The molecule has 1 aliphatic rings. The first kappa shape index (κ1) is 15.4. The van der Waals surface area contributed by atoms with Crippen molar-refractivity contribution in [1.82, 2.24) is 14.6 Å². The highest BCUT2D eigenvalue weighted by molar-refractivity contribution is 7.89. The largest absolute Gasteiger partial charge is 0.316 e. The van der Waals surface area contributed by atoms with Crippen LogP contribution < -0.4 is 5.32 Å². The van der Waals surface area contributed by atoms with Crippen molar-refractivity contribution in [2.75, 3.05) is 26.2 Å². The zero-order valence-corrected chi connectivity index (χ0v) is 12.8. The second kappa shape index (κ2) is 7.15. The molecule has 0 aliphatic carbocycles. The Morgan fingerprint density at radius 1 is 1.50 bits per heavy atom. The standard InChI is InChI=1S/C14H23N3O2S/c1-2-7-15-10-13-5-4-9-17(12-13)20(18,19)14-6-3-8-16-11-14/h3,6,8,11,13,15H,2,4-5,7,9-10,12H2,1H3. The van der Waals surface area contributed by atoms with E-state index in [9.17, 15) is 8.42 Å². The lowest BCUT2D eigenvalue weighted by Gasteiger charge is -2.32. The van der Waals surface area contributed by atoms with Crippen molar-refractivity contribution in [3.05, 3.63) is 24.5 Å². The molecule has 112 valence electrons. The number of nitrogens with one attached hydrogen (secondary N) is 1. The normalized spacial score (nSPS) is 20.9. The molecule has 2 rings (SSSR count). The van der Waals surface area contributed by atoms with E-state index < -0.39 is 10.0 Å².